The van der Waals surface area contributed by atoms with Crippen molar-refractivity contribution in [1.82, 2.24) is 5.32 Å². The fourth-order valence-electron chi connectivity index (χ4n) is 2.61. The molecule has 1 aromatic heterocycles. The average molecular weight is 441 g/mol. The van der Waals surface area contributed by atoms with Crippen molar-refractivity contribution in [3.63, 3.8) is 0 Å². The van der Waals surface area contributed by atoms with Crippen LogP contribution in [0.2, 0.25) is 0 Å². The van der Waals surface area contributed by atoms with Crippen molar-refractivity contribution in [1.29, 1.82) is 0 Å². The van der Waals surface area contributed by atoms with Gasteiger partial charge >= 0.3 is 0 Å². The van der Waals surface area contributed by atoms with Crippen LogP contribution in [0.5, 0.6) is 0 Å². The molecule has 1 fully saturated rings. The minimum atomic E-state index is -3.61. The molecule has 2 N–H and O–H groups in total. The van der Waals surface area contributed by atoms with Crippen molar-refractivity contribution in [2.75, 3.05) is 11.3 Å². The summed E-state index contributed by atoms with van der Waals surface area (Å²) in [5.74, 6) is -0.0100. The minimum Gasteiger partial charge on any atom is -0.352 e. The third-order valence-electron chi connectivity index (χ3n) is 4.09. The predicted octanol–water partition coefficient (Wildman–Crippen LogP) is 3.65. The Bertz CT molecular complexity index is 900. The number of hydrogen-bond donors (Lipinski definition) is 2. The molecule has 1 saturated carbocycles. The molecule has 132 valence electrons. The number of carbonyl (C=O) groups excluding carboxylic acids is 1. The molecule has 25 heavy (non-hydrogen) atoms. The van der Waals surface area contributed by atoms with E-state index < -0.39 is 15.4 Å². The van der Waals surface area contributed by atoms with Crippen LogP contribution in [0.1, 0.15) is 18.4 Å². The maximum absolute atomic E-state index is 12.3. The molecule has 1 aromatic carbocycles. The van der Waals surface area contributed by atoms with Crippen LogP contribution in [0.4, 0.5) is 5.69 Å². The van der Waals surface area contributed by atoms with E-state index in [0.29, 0.717) is 12.2 Å². The van der Waals surface area contributed by atoms with Crippen LogP contribution >= 0.6 is 27.3 Å². The van der Waals surface area contributed by atoms with Gasteiger partial charge in [0, 0.05) is 12.2 Å². The van der Waals surface area contributed by atoms with E-state index in [4.69, 9.17) is 0 Å². The van der Waals surface area contributed by atoms with E-state index in [9.17, 15) is 13.2 Å². The summed E-state index contributed by atoms with van der Waals surface area (Å²) in [6.07, 6.45) is 3.24. The highest BCUT2D eigenvalue weighted by molar-refractivity contribution is 9.11. The molecular formula is C17H17BrN2O3S2. The summed E-state index contributed by atoms with van der Waals surface area (Å²) in [5.41, 5.74) is 0.880. The van der Waals surface area contributed by atoms with Crippen LogP contribution in [0.3, 0.4) is 0 Å². The van der Waals surface area contributed by atoms with Gasteiger partial charge in [-0.05, 0) is 58.6 Å². The SMILES string of the molecule is C=CCNC(=O)C1(c2ccc(NS(=O)(=O)c3ccc(Br)s3)cc2)CC1. The van der Waals surface area contributed by atoms with Crippen LogP contribution in [-0.2, 0) is 20.2 Å². The van der Waals surface area contributed by atoms with Crippen molar-refractivity contribution in [3.8, 4) is 0 Å². The number of carbonyl (C=O) groups is 1. The van der Waals surface area contributed by atoms with Gasteiger partial charge in [0.15, 0.2) is 0 Å². The Morgan fingerprint density at radius 1 is 1.24 bits per heavy atom. The normalized spacial score (nSPS) is 15.4. The van der Waals surface area contributed by atoms with Crippen LogP contribution in [0.15, 0.2) is 57.0 Å². The Hall–Kier alpha value is -1.64. The van der Waals surface area contributed by atoms with E-state index in [2.05, 4.69) is 32.5 Å². The first-order valence-electron chi connectivity index (χ1n) is 7.65. The number of rotatable bonds is 7. The first-order chi connectivity index (χ1) is 11.9. The zero-order chi connectivity index (χ0) is 18.1. The number of hydrogen-bond acceptors (Lipinski definition) is 4. The van der Waals surface area contributed by atoms with Crippen LogP contribution in [-0.4, -0.2) is 20.9 Å². The van der Waals surface area contributed by atoms with Gasteiger partial charge in [-0.2, -0.15) is 0 Å². The Labute approximate surface area is 159 Å². The highest BCUT2D eigenvalue weighted by atomic mass is 79.9. The van der Waals surface area contributed by atoms with Gasteiger partial charge in [0.05, 0.1) is 9.20 Å². The zero-order valence-corrected chi connectivity index (χ0v) is 16.5. The molecule has 2 aromatic rings. The molecule has 0 saturated heterocycles. The summed E-state index contributed by atoms with van der Waals surface area (Å²) >= 11 is 4.41. The van der Waals surface area contributed by atoms with E-state index in [1.165, 1.54) is 0 Å². The van der Waals surface area contributed by atoms with E-state index >= 15 is 0 Å². The standard InChI is InChI=1S/C17H17BrN2O3S2/c1-2-11-19-16(21)17(9-10-17)12-3-5-13(6-4-12)20-25(22,23)15-8-7-14(18)24-15/h2-8,20H,1,9-11H2,(H,19,21). The maximum atomic E-state index is 12.3. The molecular weight excluding hydrogens is 424 g/mol. The molecule has 8 heteroatoms. The quantitative estimate of drug-likeness (QED) is 0.645. The number of benzene rings is 1. The molecule has 3 rings (SSSR count). The molecule has 0 bridgehead atoms. The Balaban J connectivity index is 1.75. The minimum absolute atomic E-state index is 0.0100. The summed E-state index contributed by atoms with van der Waals surface area (Å²) < 4.78 is 28.2. The largest absolute Gasteiger partial charge is 0.352 e. The topological polar surface area (TPSA) is 75.3 Å². The van der Waals surface area contributed by atoms with Gasteiger partial charge in [-0.25, -0.2) is 8.42 Å². The van der Waals surface area contributed by atoms with Crippen LogP contribution in [0, 0.1) is 0 Å². The number of amides is 1. The smallest absolute Gasteiger partial charge is 0.271 e. The lowest BCUT2D eigenvalue weighted by Crippen LogP contribution is -2.34. The summed E-state index contributed by atoms with van der Waals surface area (Å²) in [6.45, 7) is 4.04. The van der Waals surface area contributed by atoms with Crippen molar-refractivity contribution in [2.45, 2.75) is 22.5 Å². The third-order valence-corrected chi connectivity index (χ3v) is 7.59. The molecule has 0 aliphatic heterocycles. The van der Waals surface area contributed by atoms with Gasteiger partial charge < -0.3 is 5.32 Å². The van der Waals surface area contributed by atoms with Crippen molar-refractivity contribution in [2.24, 2.45) is 0 Å². The molecule has 1 aliphatic rings. The lowest BCUT2D eigenvalue weighted by atomic mass is 9.95. The highest BCUT2D eigenvalue weighted by Crippen LogP contribution is 2.48. The summed E-state index contributed by atoms with van der Waals surface area (Å²) in [4.78, 5) is 12.3. The number of thiophene rings is 1. The lowest BCUT2D eigenvalue weighted by Gasteiger charge is -2.16. The van der Waals surface area contributed by atoms with Gasteiger partial charge in [0.1, 0.15) is 4.21 Å². The van der Waals surface area contributed by atoms with E-state index in [1.54, 1.807) is 30.3 Å². The number of nitrogens with one attached hydrogen (secondary N) is 2. The second-order valence-electron chi connectivity index (χ2n) is 5.82. The Kier molecular flexibility index (Phi) is 5.04. The predicted molar refractivity (Wildman–Crippen MR) is 103 cm³/mol. The van der Waals surface area contributed by atoms with E-state index in [1.807, 2.05) is 12.1 Å². The average Bonchev–Trinajstić information content (AvgIpc) is 3.27. The summed E-state index contributed by atoms with van der Waals surface area (Å²) in [5, 5.41) is 2.84. The molecule has 0 atom stereocenters. The van der Waals surface area contributed by atoms with Crippen molar-refractivity contribution < 1.29 is 13.2 Å². The highest BCUT2D eigenvalue weighted by Gasteiger charge is 2.50. The molecule has 0 unspecified atom stereocenters. The van der Waals surface area contributed by atoms with Gasteiger partial charge in [-0.15, -0.1) is 17.9 Å². The fourth-order valence-corrected chi connectivity index (χ4v) is 5.68. The summed E-state index contributed by atoms with van der Waals surface area (Å²) in [7, 11) is -3.61. The first kappa shape index (κ1) is 18.2. The fraction of sp³-hybridized carbons (Fsp3) is 0.235. The number of anilines is 1. The first-order valence-corrected chi connectivity index (χ1v) is 10.7. The van der Waals surface area contributed by atoms with Gasteiger partial charge in [-0.3, -0.25) is 9.52 Å². The van der Waals surface area contributed by atoms with Gasteiger partial charge in [0.25, 0.3) is 10.0 Å². The van der Waals surface area contributed by atoms with Crippen molar-refractivity contribution >= 4 is 48.9 Å². The van der Waals surface area contributed by atoms with Crippen molar-refractivity contribution in [3.05, 3.63) is 58.4 Å². The third kappa shape index (κ3) is 3.80. The second kappa shape index (κ2) is 6.93. The van der Waals surface area contributed by atoms with Crippen LogP contribution in [0.25, 0.3) is 0 Å². The zero-order valence-electron chi connectivity index (χ0n) is 13.3. The molecule has 0 radical (unpaired) electrons. The summed E-state index contributed by atoms with van der Waals surface area (Å²) in [6, 6.07) is 10.2. The Morgan fingerprint density at radius 3 is 2.44 bits per heavy atom. The number of halogens is 1. The van der Waals surface area contributed by atoms with Gasteiger partial charge in [-0.1, -0.05) is 18.2 Å². The molecule has 0 spiro atoms. The second-order valence-corrected chi connectivity index (χ2v) is 10.2. The van der Waals surface area contributed by atoms with E-state index in [0.717, 1.165) is 33.5 Å². The molecule has 1 aliphatic carbocycles. The monoisotopic (exact) mass is 440 g/mol. The molecule has 1 heterocycles. The molecule has 1 amide bonds. The maximum Gasteiger partial charge on any atom is 0.271 e. The van der Waals surface area contributed by atoms with Gasteiger partial charge in [0.2, 0.25) is 5.91 Å². The van der Waals surface area contributed by atoms with E-state index in [-0.39, 0.29) is 10.1 Å². The van der Waals surface area contributed by atoms with Crippen LogP contribution < -0.4 is 10.0 Å². The lowest BCUT2D eigenvalue weighted by molar-refractivity contribution is -0.123. The number of sulfonamides is 1. The Morgan fingerprint density at radius 2 is 1.92 bits per heavy atom. The molecule has 5 nitrogen and oxygen atoms in total.